The lowest BCUT2D eigenvalue weighted by atomic mass is 9.85. The summed E-state index contributed by atoms with van der Waals surface area (Å²) in [6.07, 6.45) is 4.00. The maximum atomic E-state index is 14.7. The van der Waals surface area contributed by atoms with Crippen molar-refractivity contribution in [3.05, 3.63) is 65.7 Å². The second-order valence-corrected chi connectivity index (χ2v) is 15.6. The summed E-state index contributed by atoms with van der Waals surface area (Å²) in [5.41, 5.74) is -0.0645. The van der Waals surface area contributed by atoms with Gasteiger partial charge < -0.3 is 39.3 Å². The summed E-state index contributed by atoms with van der Waals surface area (Å²) >= 11 is 7.73. The van der Waals surface area contributed by atoms with Crippen LogP contribution in [0.2, 0.25) is 5.02 Å². The maximum absolute atomic E-state index is 14.7. The van der Waals surface area contributed by atoms with Gasteiger partial charge in [0.25, 0.3) is 0 Å². The first kappa shape index (κ1) is 35.5. The normalized spacial score (nSPS) is 22.7. The van der Waals surface area contributed by atoms with E-state index >= 15 is 0 Å². The van der Waals surface area contributed by atoms with E-state index < -0.39 is 35.0 Å². The van der Waals surface area contributed by atoms with E-state index in [0.29, 0.717) is 58.3 Å². The number of pyridine rings is 1. The molecular weight excluding hydrogens is 706 g/mol. The summed E-state index contributed by atoms with van der Waals surface area (Å²) < 4.78 is 23.4. The van der Waals surface area contributed by atoms with E-state index in [1.807, 2.05) is 50.4 Å². The highest BCUT2D eigenvalue weighted by molar-refractivity contribution is 7.14. The highest BCUT2D eigenvalue weighted by atomic mass is 35.5. The third-order valence-electron chi connectivity index (χ3n) is 9.76. The van der Waals surface area contributed by atoms with Crippen LogP contribution in [-0.4, -0.2) is 83.6 Å². The van der Waals surface area contributed by atoms with Gasteiger partial charge in [0, 0.05) is 39.1 Å². The number of anilines is 1. The average Bonchev–Trinajstić information content (AvgIpc) is 3.40. The molecule has 0 bridgehead atoms. The van der Waals surface area contributed by atoms with Crippen LogP contribution in [0.25, 0.3) is 22.0 Å². The molecule has 2 aliphatic heterocycles. The third kappa shape index (κ3) is 6.86. The number of thiazole rings is 1. The summed E-state index contributed by atoms with van der Waals surface area (Å²) in [6, 6.07) is 9.30. The van der Waals surface area contributed by atoms with E-state index in [0.717, 1.165) is 22.9 Å². The van der Waals surface area contributed by atoms with Gasteiger partial charge in [-0.15, -0.1) is 17.9 Å². The van der Waals surface area contributed by atoms with E-state index in [1.54, 1.807) is 36.4 Å². The predicted octanol–water partition coefficient (Wildman–Crippen LogP) is 5.93. The van der Waals surface area contributed by atoms with Gasteiger partial charge in [-0.1, -0.05) is 38.4 Å². The molecule has 1 saturated heterocycles. The van der Waals surface area contributed by atoms with Crippen molar-refractivity contribution < 1.29 is 33.3 Å². The number of benzene rings is 2. The number of carbonyl (C=O) groups is 3. The first-order valence-electron chi connectivity index (χ1n) is 17.1. The van der Waals surface area contributed by atoms with Crippen molar-refractivity contribution in [3.63, 3.8) is 0 Å². The fourth-order valence-corrected chi connectivity index (χ4v) is 7.71. The molecule has 2 N–H and O–H groups in total. The minimum absolute atomic E-state index is 0.0975. The Bertz CT molecular complexity index is 2050. The smallest absolute Gasteiger partial charge is 0.246 e. The Kier molecular flexibility index (Phi) is 9.51. The summed E-state index contributed by atoms with van der Waals surface area (Å²) in [5.74, 6) is 1.29. The highest BCUT2D eigenvalue weighted by Crippen LogP contribution is 2.43. The van der Waals surface area contributed by atoms with E-state index in [-0.39, 0.29) is 24.8 Å². The fourth-order valence-electron chi connectivity index (χ4n) is 6.79. The number of likely N-dealkylation sites (tertiary alicyclic amines) is 1. The van der Waals surface area contributed by atoms with E-state index in [4.69, 9.17) is 35.5 Å². The number of methoxy groups -OCH3 is 1. The quantitative estimate of drug-likeness (QED) is 0.140. The molecule has 52 heavy (non-hydrogen) atoms. The Morgan fingerprint density at radius 2 is 1.94 bits per heavy atom. The minimum atomic E-state index is -1.04. The van der Waals surface area contributed by atoms with Crippen molar-refractivity contribution in [1.29, 1.82) is 0 Å². The lowest BCUT2D eigenvalue weighted by Gasteiger charge is -2.35. The Labute approximate surface area is 310 Å². The van der Waals surface area contributed by atoms with Gasteiger partial charge in [-0.05, 0) is 48.2 Å². The van der Waals surface area contributed by atoms with E-state index in [2.05, 4.69) is 22.2 Å². The molecule has 2 aromatic heterocycles. The van der Waals surface area contributed by atoms with Crippen LogP contribution in [0.3, 0.4) is 0 Å². The topological polar surface area (TPSA) is 141 Å². The zero-order chi connectivity index (χ0) is 36.8. The SMILES string of the molecule is C=C[C@@H]1C[C@@]1(C=O)NC(=O)[C@@H]1C[C@@H](Oc2ncc(OC)c3ccc(Cl)cc23)CN1C(=O)[C@@H](Nc1nc(-c2ccc3c(c2)OCCO3)cs1)C(C)(C)C. The Balaban J connectivity index is 1.16. The lowest BCUT2D eigenvalue weighted by molar-refractivity contribution is -0.141. The summed E-state index contributed by atoms with van der Waals surface area (Å²) in [7, 11) is 1.56. The van der Waals surface area contributed by atoms with Crippen molar-refractivity contribution in [2.45, 2.75) is 57.3 Å². The van der Waals surface area contributed by atoms with E-state index in [9.17, 15) is 14.4 Å². The fraction of sp³-hybridized carbons (Fsp3) is 0.395. The molecule has 12 nitrogen and oxygen atoms in total. The number of nitrogens with zero attached hydrogens (tertiary/aromatic N) is 3. The number of amides is 2. The number of halogens is 1. The number of nitrogens with one attached hydrogen (secondary N) is 2. The first-order chi connectivity index (χ1) is 24.9. The Morgan fingerprint density at radius 1 is 1.15 bits per heavy atom. The molecule has 0 radical (unpaired) electrons. The number of aldehydes is 1. The van der Waals surface area contributed by atoms with Crippen molar-refractivity contribution in [1.82, 2.24) is 20.2 Å². The minimum Gasteiger partial charge on any atom is -0.494 e. The first-order valence-corrected chi connectivity index (χ1v) is 18.3. The van der Waals surface area contributed by atoms with Crippen molar-refractivity contribution in [2.24, 2.45) is 11.3 Å². The van der Waals surface area contributed by atoms with Crippen molar-refractivity contribution >= 4 is 56.9 Å². The second-order valence-electron chi connectivity index (χ2n) is 14.3. The standard InChI is InChI=1S/C38H40ClN5O7S/c1-6-22-16-38(22,20-45)43-33(46)28-15-24(51-34-26-14-23(39)8-9-25(26)31(48-5)17-40-34)18-44(28)35(47)32(37(2,3)4)42-36-41-27(19-52-36)21-7-10-29-30(13-21)50-12-11-49-29/h6-10,13-14,17,19-20,22,24,28,32H,1,11-12,15-16,18H2,2-5H3,(H,41,42)(H,43,46)/t22-,24-,28+,32-,38+/m1/s1. The van der Waals surface area contributed by atoms with Gasteiger partial charge in [-0.25, -0.2) is 9.97 Å². The van der Waals surface area contributed by atoms with Crippen molar-refractivity contribution in [2.75, 3.05) is 32.2 Å². The predicted molar refractivity (Wildman–Crippen MR) is 198 cm³/mol. The average molecular weight is 746 g/mol. The Morgan fingerprint density at radius 3 is 2.65 bits per heavy atom. The summed E-state index contributed by atoms with van der Waals surface area (Å²) in [5, 5.41) is 10.6. The number of rotatable bonds is 11. The van der Waals surface area contributed by atoms with Gasteiger partial charge in [0.15, 0.2) is 16.6 Å². The molecule has 272 valence electrons. The van der Waals surface area contributed by atoms with Gasteiger partial charge in [-0.2, -0.15) is 0 Å². The Hall–Kier alpha value is -4.88. The number of aromatic nitrogens is 2. The second kappa shape index (κ2) is 13.9. The van der Waals surface area contributed by atoms with Crippen LogP contribution < -0.4 is 29.6 Å². The number of hydrogen-bond acceptors (Lipinski definition) is 11. The van der Waals surface area contributed by atoms with Crippen LogP contribution in [0.1, 0.15) is 33.6 Å². The number of fused-ring (bicyclic) bond motifs is 2. The molecule has 1 saturated carbocycles. The molecule has 0 unspecified atom stereocenters. The van der Waals surface area contributed by atoms with Gasteiger partial charge in [0.2, 0.25) is 17.7 Å². The van der Waals surface area contributed by atoms with Crippen LogP contribution >= 0.6 is 22.9 Å². The monoisotopic (exact) mass is 745 g/mol. The summed E-state index contributed by atoms with van der Waals surface area (Å²) in [4.78, 5) is 51.7. The number of hydrogen-bond donors (Lipinski definition) is 2. The van der Waals surface area contributed by atoms with Crippen LogP contribution in [0.4, 0.5) is 5.13 Å². The van der Waals surface area contributed by atoms with Crippen LogP contribution in [-0.2, 0) is 14.4 Å². The molecule has 2 amide bonds. The molecule has 1 aliphatic carbocycles. The highest BCUT2D eigenvalue weighted by Gasteiger charge is 2.56. The zero-order valence-corrected chi connectivity index (χ0v) is 30.9. The van der Waals surface area contributed by atoms with Gasteiger partial charge in [0.05, 0.1) is 25.5 Å². The number of carbonyl (C=O) groups excluding carboxylic acids is 3. The van der Waals surface area contributed by atoms with Crippen LogP contribution in [0.15, 0.2) is 60.6 Å². The molecule has 14 heteroatoms. The molecule has 4 heterocycles. The molecule has 3 aliphatic rings. The molecule has 2 fully saturated rings. The van der Waals surface area contributed by atoms with Gasteiger partial charge in [-0.3, -0.25) is 9.59 Å². The van der Waals surface area contributed by atoms with E-state index in [1.165, 1.54) is 11.3 Å². The maximum Gasteiger partial charge on any atom is 0.246 e. The molecule has 0 spiro atoms. The largest absolute Gasteiger partial charge is 0.494 e. The lowest BCUT2D eigenvalue weighted by Crippen LogP contribution is -2.56. The van der Waals surface area contributed by atoms with Gasteiger partial charge in [0.1, 0.15) is 49.0 Å². The number of ether oxygens (including phenoxy) is 4. The van der Waals surface area contributed by atoms with Crippen LogP contribution in [0, 0.1) is 11.3 Å². The van der Waals surface area contributed by atoms with Crippen molar-refractivity contribution in [3.8, 4) is 34.4 Å². The van der Waals surface area contributed by atoms with Crippen LogP contribution in [0.5, 0.6) is 23.1 Å². The molecule has 2 aromatic carbocycles. The molecule has 4 aromatic rings. The molecule has 7 rings (SSSR count). The van der Waals surface area contributed by atoms with Gasteiger partial charge >= 0.3 is 0 Å². The third-order valence-corrected chi connectivity index (χ3v) is 10.8. The molecule has 5 atom stereocenters. The molecular formula is C38H40ClN5O7S. The summed E-state index contributed by atoms with van der Waals surface area (Å²) in [6.45, 7) is 10.7. The zero-order valence-electron chi connectivity index (χ0n) is 29.3.